The molecule has 0 saturated heterocycles. The molecule has 0 aliphatic carbocycles. The fraction of sp³-hybridized carbons (Fsp3) is 0.200. The molecule has 0 radical (unpaired) electrons. The summed E-state index contributed by atoms with van der Waals surface area (Å²) in [6.07, 6.45) is 1.65. The van der Waals surface area contributed by atoms with Crippen molar-refractivity contribution < 1.29 is 23.8 Å². The predicted octanol–water partition coefficient (Wildman–Crippen LogP) is 3.10. The summed E-state index contributed by atoms with van der Waals surface area (Å²) in [5.41, 5.74) is 1.66. The first kappa shape index (κ1) is 24.6. The molecule has 0 saturated carbocycles. The molecule has 2 heterocycles. The molecule has 1 aliphatic rings. The Hall–Kier alpha value is -3.50. The third-order valence-electron chi connectivity index (χ3n) is 5.37. The van der Waals surface area contributed by atoms with Crippen molar-refractivity contribution in [2.45, 2.75) is 19.9 Å². The van der Waals surface area contributed by atoms with Crippen LogP contribution in [-0.2, 0) is 14.3 Å². The van der Waals surface area contributed by atoms with Crippen molar-refractivity contribution in [1.82, 2.24) is 4.57 Å². The van der Waals surface area contributed by atoms with Crippen molar-refractivity contribution in [3.05, 3.63) is 89.0 Å². The van der Waals surface area contributed by atoms with Gasteiger partial charge >= 0.3 is 11.9 Å². The summed E-state index contributed by atoms with van der Waals surface area (Å²) in [5, 5.41) is 0. The molecular formula is C25H21BrN2O6S. The molecule has 0 amide bonds. The number of aromatic nitrogens is 1. The maximum atomic E-state index is 13.7. The van der Waals surface area contributed by atoms with E-state index in [1.54, 1.807) is 62.6 Å². The Kier molecular flexibility index (Phi) is 7.04. The Morgan fingerprint density at radius 1 is 1.14 bits per heavy atom. The van der Waals surface area contributed by atoms with E-state index in [1.807, 2.05) is 0 Å². The van der Waals surface area contributed by atoms with Gasteiger partial charge in [0.1, 0.15) is 11.5 Å². The number of fused-ring (bicyclic) bond motifs is 1. The fourth-order valence-electron chi connectivity index (χ4n) is 3.82. The minimum atomic E-state index is -0.734. The number of benzene rings is 2. The summed E-state index contributed by atoms with van der Waals surface area (Å²) in [6, 6.07) is 11.5. The largest absolute Gasteiger partial charge is 0.497 e. The van der Waals surface area contributed by atoms with Crippen LogP contribution in [0.4, 0.5) is 0 Å². The van der Waals surface area contributed by atoms with Gasteiger partial charge in [0.2, 0.25) is 0 Å². The van der Waals surface area contributed by atoms with Crippen LogP contribution >= 0.6 is 27.3 Å². The van der Waals surface area contributed by atoms with Gasteiger partial charge in [0, 0.05) is 17.0 Å². The topological polar surface area (TPSA) is 96.2 Å². The van der Waals surface area contributed by atoms with Gasteiger partial charge in [-0.15, -0.1) is 0 Å². The molecule has 0 bridgehead atoms. The predicted molar refractivity (Wildman–Crippen MR) is 134 cm³/mol. The van der Waals surface area contributed by atoms with E-state index >= 15 is 0 Å². The Labute approximate surface area is 212 Å². The Morgan fingerprint density at radius 3 is 2.49 bits per heavy atom. The highest BCUT2D eigenvalue weighted by atomic mass is 79.9. The third-order valence-corrected chi connectivity index (χ3v) is 6.85. The fourth-order valence-corrected chi connectivity index (χ4v) is 5.23. The number of halogens is 1. The molecule has 8 nitrogen and oxygen atoms in total. The minimum absolute atomic E-state index is 0.277. The number of allylic oxidation sites excluding steroid dienone is 1. The van der Waals surface area contributed by atoms with Crippen LogP contribution in [0.3, 0.4) is 0 Å². The maximum Gasteiger partial charge on any atom is 0.338 e. The summed E-state index contributed by atoms with van der Waals surface area (Å²) in [4.78, 5) is 43.0. The van der Waals surface area contributed by atoms with Crippen molar-refractivity contribution in [3.63, 3.8) is 0 Å². The van der Waals surface area contributed by atoms with E-state index < -0.39 is 18.0 Å². The van der Waals surface area contributed by atoms with Crippen LogP contribution in [0.25, 0.3) is 6.08 Å². The van der Waals surface area contributed by atoms with Crippen LogP contribution in [0.15, 0.2) is 68.0 Å². The Bertz CT molecular complexity index is 1540. The van der Waals surface area contributed by atoms with E-state index in [9.17, 15) is 14.4 Å². The van der Waals surface area contributed by atoms with Gasteiger partial charge in [-0.25, -0.2) is 9.79 Å². The molecule has 35 heavy (non-hydrogen) atoms. The molecule has 180 valence electrons. The molecule has 0 spiro atoms. The van der Waals surface area contributed by atoms with Crippen LogP contribution in [0.5, 0.6) is 11.5 Å². The van der Waals surface area contributed by atoms with Gasteiger partial charge in [0.05, 0.1) is 36.1 Å². The normalized spacial score (nSPS) is 15.3. The number of hydrogen-bond acceptors (Lipinski definition) is 8. The number of nitrogens with zero attached hydrogens (tertiary/aromatic N) is 2. The number of rotatable bonds is 5. The van der Waals surface area contributed by atoms with Gasteiger partial charge in [0.15, 0.2) is 4.80 Å². The smallest absolute Gasteiger partial charge is 0.338 e. The summed E-state index contributed by atoms with van der Waals surface area (Å²) < 4.78 is 18.2. The lowest BCUT2D eigenvalue weighted by atomic mass is 9.96. The average molecular weight is 557 g/mol. The first-order chi connectivity index (χ1) is 16.7. The second-order valence-electron chi connectivity index (χ2n) is 7.62. The molecule has 0 N–H and O–H groups in total. The summed E-state index contributed by atoms with van der Waals surface area (Å²) in [7, 11) is 2.86. The SMILES string of the molecule is COC(=O)C1=C(C)N=c2s/c(=C\c3cc(Br)ccc3OC(C)=O)c(=O)n2[C@@H]1c1ccc(OC)cc1. The average Bonchev–Trinajstić information content (AvgIpc) is 3.13. The molecule has 1 atom stereocenters. The lowest BCUT2D eigenvalue weighted by molar-refractivity contribution is -0.136. The zero-order chi connectivity index (χ0) is 25.3. The summed E-state index contributed by atoms with van der Waals surface area (Å²) >= 11 is 4.60. The van der Waals surface area contributed by atoms with Crippen molar-refractivity contribution in [3.8, 4) is 11.5 Å². The number of carbonyl (C=O) groups excluding carboxylic acids is 2. The zero-order valence-electron chi connectivity index (χ0n) is 19.3. The molecule has 3 aromatic rings. The molecule has 0 unspecified atom stereocenters. The quantitative estimate of drug-likeness (QED) is 0.354. The number of ether oxygens (including phenoxy) is 3. The third kappa shape index (κ3) is 4.85. The van der Waals surface area contributed by atoms with Gasteiger partial charge in [-0.2, -0.15) is 0 Å². The first-order valence-corrected chi connectivity index (χ1v) is 12.1. The van der Waals surface area contributed by atoms with Crippen molar-refractivity contribution in [2.75, 3.05) is 14.2 Å². The molecule has 4 rings (SSSR count). The lowest BCUT2D eigenvalue weighted by Crippen LogP contribution is -2.39. The second kappa shape index (κ2) is 10.0. The first-order valence-electron chi connectivity index (χ1n) is 10.5. The van der Waals surface area contributed by atoms with E-state index in [2.05, 4.69) is 20.9 Å². The van der Waals surface area contributed by atoms with Crippen LogP contribution in [0.2, 0.25) is 0 Å². The van der Waals surface area contributed by atoms with Gasteiger partial charge < -0.3 is 14.2 Å². The molecule has 1 aromatic heterocycles. The van der Waals surface area contributed by atoms with E-state index in [-0.39, 0.29) is 11.1 Å². The molecule has 1 aliphatic heterocycles. The van der Waals surface area contributed by atoms with Gasteiger partial charge in [-0.05, 0) is 48.9 Å². The van der Waals surface area contributed by atoms with Gasteiger partial charge in [0.25, 0.3) is 5.56 Å². The highest BCUT2D eigenvalue weighted by Crippen LogP contribution is 2.31. The summed E-state index contributed by atoms with van der Waals surface area (Å²) in [5.74, 6) is -0.0643. The van der Waals surface area contributed by atoms with Crippen LogP contribution in [0, 0.1) is 0 Å². The number of esters is 2. The van der Waals surface area contributed by atoms with Crippen LogP contribution in [-0.4, -0.2) is 30.7 Å². The number of carbonyl (C=O) groups is 2. The van der Waals surface area contributed by atoms with E-state index in [0.29, 0.717) is 37.7 Å². The van der Waals surface area contributed by atoms with Gasteiger partial charge in [-0.3, -0.25) is 14.2 Å². The zero-order valence-corrected chi connectivity index (χ0v) is 21.7. The Balaban J connectivity index is 1.96. The monoisotopic (exact) mass is 556 g/mol. The highest BCUT2D eigenvalue weighted by molar-refractivity contribution is 9.10. The number of methoxy groups -OCH3 is 2. The van der Waals surface area contributed by atoms with Crippen LogP contribution < -0.4 is 24.4 Å². The molecule has 0 fully saturated rings. The van der Waals surface area contributed by atoms with Crippen molar-refractivity contribution in [2.24, 2.45) is 4.99 Å². The minimum Gasteiger partial charge on any atom is -0.497 e. The lowest BCUT2D eigenvalue weighted by Gasteiger charge is -2.24. The number of thiazole rings is 1. The number of hydrogen-bond donors (Lipinski definition) is 0. The van der Waals surface area contributed by atoms with E-state index in [4.69, 9.17) is 14.2 Å². The van der Waals surface area contributed by atoms with Crippen molar-refractivity contribution in [1.29, 1.82) is 0 Å². The summed E-state index contributed by atoms with van der Waals surface area (Å²) in [6.45, 7) is 3.03. The van der Waals surface area contributed by atoms with E-state index in [0.717, 1.165) is 4.47 Å². The van der Waals surface area contributed by atoms with E-state index in [1.165, 1.54) is 29.9 Å². The van der Waals surface area contributed by atoms with Crippen molar-refractivity contribution >= 4 is 45.3 Å². The highest BCUT2D eigenvalue weighted by Gasteiger charge is 2.33. The molecule has 2 aromatic carbocycles. The molecule has 10 heteroatoms. The second-order valence-corrected chi connectivity index (χ2v) is 9.55. The maximum absolute atomic E-state index is 13.7. The molecular weight excluding hydrogens is 536 g/mol. The Morgan fingerprint density at radius 2 is 1.86 bits per heavy atom. The van der Waals surface area contributed by atoms with Gasteiger partial charge in [-0.1, -0.05) is 39.4 Å². The standard InChI is InChI=1S/C25H21BrN2O6S/c1-13-21(24(31)33-4)22(15-5-8-18(32-3)9-6-15)28-23(30)20(35-25(28)27-13)12-16-11-17(26)7-10-19(16)34-14(2)29/h5-12,22H,1-4H3/b20-12-/t22-/m1/s1. The van der Waals surface area contributed by atoms with Crippen LogP contribution in [0.1, 0.15) is 31.0 Å².